The number of hydrogen-bond acceptors (Lipinski definition) is 4. The maximum absolute atomic E-state index is 12.4. The number of nitriles is 1. The van der Waals surface area contributed by atoms with E-state index in [1.165, 1.54) is 20.3 Å². The van der Waals surface area contributed by atoms with Gasteiger partial charge in [-0.2, -0.15) is 5.26 Å². The summed E-state index contributed by atoms with van der Waals surface area (Å²) >= 11 is 3.36. The molecule has 0 aliphatic carbocycles. The maximum Gasteiger partial charge on any atom is 0.266 e. The van der Waals surface area contributed by atoms with Gasteiger partial charge in [0.05, 0.1) is 19.9 Å². The van der Waals surface area contributed by atoms with Crippen molar-refractivity contribution in [2.75, 3.05) is 19.5 Å². The minimum absolute atomic E-state index is 0.0442. The van der Waals surface area contributed by atoms with E-state index in [1.54, 1.807) is 36.4 Å². The number of para-hydroxylation sites is 2. The van der Waals surface area contributed by atoms with Gasteiger partial charge in [0.2, 0.25) is 0 Å². The summed E-state index contributed by atoms with van der Waals surface area (Å²) in [6.07, 6.45) is 1.48. The van der Waals surface area contributed by atoms with Crippen molar-refractivity contribution in [1.29, 1.82) is 5.26 Å². The van der Waals surface area contributed by atoms with E-state index in [0.717, 1.165) is 4.47 Å². The molecular weight excluding hydrogens is 372 g/mol. The highest BCUT2D eigenvalue weighted by Gasteiger charge is 2.13. The van der Waals surface area contributed by atoms with Crippen LogP contribution in [0.5, 0.6) is 11.5 Å². The van der Waals surface area contributed by atoms with Crippen LogP contribution in [0.4, 0.5) is 5.69 Å². The smallest absolute Gasteiger partial charge is 0.266 e. The van der Waals surface area contributed by atoms with Gasteiger partial charge in [0, 0.05) is 10.0 Å². The highest BCUT2D eigenvalue weighted by molar-refractivity contribution is 9.10. The Labute approximate surface area is 148 Å². The number of hydrogen-bond donors (Lipinski definition) is 1. The standard InChI is InChI=1S/C18H15BrN2O3/c1-23-16-8-7-14(19)10-12(16)9-13(11-20)18(22)21-15-5-3-4-6-17(15)24-2/h3-10H,1-2H3,(H,21,22)/b13-9+. The van der Waals surface area contributed by atoms with Crippen LogP contribution in [0.2, 0.25) is 0 Å². The Morgan fingerprint density at radius 3 is 2.54 bits per heavy atom. The molecule has 0 spiro atoms. The molecule has 2 aromatic carbocycles. The van der Waals surface area contributed by atoms with Crippen LogP contribution < -0.4 is 14.8 Å². The third kappa shape index (κ3) is 4.15. The van der Waals surface area contributed by atoms with E-state index in [2.05, 4.69) is 21.2 Å². The Bertz CT molecular complexity index is 825. The predicted molar refractivity (Wildman–Crippen MR) is 95.9 cm³/mol. The van der Waals surface area contributed by atoms with Crippen molar-refractivity contribution in [3.8, 4) is 17.6 Å². The lowest BCUT2D eigenvalue weighted by molar-refractivity contribution is -0.112. The number of nitrogens with one attached hydrogen (secondary N) is 1. The quantitative estimate of drug-likeness (QED) is 0.622. The normalized spacial score (nSPS) is 10.7. The zero-order valence-electron chi connectivity index (χ0n) is 13.2. The van der Waals surface area contributed by atoms with E-state index in [4.69, 9.17) is 9.47 Å². The molecule has 2 rings (SSSR count). The summed E-state index contributed by atoms with van der Waals surface area (Å²) in [6.45, 7) is 0. The van der Waals surface area contributed by atoms with Gasteiger partial charge in [0.25, 0.3) is 5.91 Å². The highest BCUT2D eigenvalue weighted by Crippen LogP contribution is 2.27. The average Bonchev–Trinajstić information content (AvgIpc) is 2.60. The molecule has 0 fully saturated rings. The number of methoxy groups -OCH3 is 2. The monoisotopic (exact) mass is 386 g/mol. The minimum atomic E-state index is -0.524. The lowest BCUT2D eigenvalue weighted by Crippen LogP contribution is -2.14. The van der Waals surface area contributed by atoms with Crippen LogP contribution >= 0.6 is 15.9 Å². The molecule has 0 saturated heterocycles. The fourth-order valence-electron chi connectivity index (χ4n) is 2.06. The van der Waals surface area contributed by atoms with Gasteiger partial charge in [-0.25, -0.2) is 0 Å². The van der Waals surface area contributed by atoms with E-state index >= 15 is 0 Å². The molecule has 24 heavy (non-hydrogen) atoms. The minimum Gasteiger partial charge on any atom is -0.496 e. The number of halogens is 1. The molecule has 0 bridgehead atoms. The van der Waals surface area contributed by atoms with Gasteiger partial charge in [0.15, 0.2) is 0 Å². The molecule has 0 aromatic heterocycles. The molecule has 0 saturated carbocycles. The Morgan fingerprint density at radius 2 is 1.88 bits per heavy atom. The Hall–Kier alpha value is -2.78. The van der Waals surface area contributed by atoms with Gasteiger partial charge in [-0.15, -0.1) is 0 Å². The van der Waals surface area contributed by atoms with Crippen LogP contribution in [-0.2, 0) is 4.79 Å². The molecule has 0 aliphatic rings. The van der Waals surface area contributed by atoms with Gasteiger partial charge in [-0.1, -0.05) is 28.1 Å². The lowest BCUT2D eigenvalue weighted by Gasteiger charge is -2.10. The topological polar surface area (TPSA) is 71.3 Å². The molecule has 1 amide bonds. The number of amides is 1. The van der Waals surface area contributed by atoms with E-state index in [-0.39, 0.29) is 5.57 Å². The molecule has 0 aliphatic heterocycles. The van der Waals surface area contributed by atoms with Crippen molar-refractivity contribution in [1.82, 2.24) is 0 Å². The molecule has 1 N–H and O–H groups in total. The van der Waals surface area contributed by atoms with Crippen molar-refractivity contribution in [3.05, 3.63) is 58.1 Å². The molecular formula is C18H15BrN2O3. The average molecular weight is 387 g/mol. The number of carbonyl (C=O) groups is 1. The van der Waals surface area contributed by atoms with E-state index < -0.39 is 5.91 Å². The molecule has 6 heteroatoms. The predicted octanol–water partition coefficient (Wildman–Crippen LogP) is 4.01. The van der Waals surface area contributed by atoms with Gasteiger partial charge >= 0.3 is 0 Å². The summed E-state index contributed by atoms with van der Waals surface area (Å²) in [6, 6.07) is 14.2. The van der Waals surface area contributed by atoms with Crippen LogP contribution in [0.25, 0.3) is 6.08 Å². The number of carbonyl (C=O) groups excluding carboxylic acids is 1. The summed E-state index contributed by atoms with van der Waals surface area (Å²) in [5, 5.41) is 12.0. The van der Waals surface area contributed by atoms with Crippen LogP contribution in [0.3, 0.4) is 0 Å². The van der Waals surface area contributed by atoms with E-state index in [0.29, 0.717) is 22.7 Å². The highest BCUT2D eigenvalue weighted by atomic mass is 79.9. The fourth-order valence-corrected chi connectivity index (χ4v) is 2.44. The van der Waals surface area contributed by atoms with Crippen molar-refractivity contribution in [2.24, 2.45) is 0 Å². The largest absolute Gasteiger partial charge is 0.496 e. The van der Waals surface area contributed by atoms with Gasteiger partial charge in [-0.05, 0) is 36.4 Å². The van der Waals surface area contributed by atoms with Crippen molar-refractivity contribution >= 4 is 33.6 Å². The first kappa shape index (κ1) is 17.6. The Kier molecular flexibility index (Phi) is 5.99. The van der Waals surface area contributed by atoms with Crippen LogP contribution in [0.1, 0.15) is 5.56 Å². The summed E-state index contributed by atoms with van der Waals surface area (Å²) in [7, 11) is 3.04. The van der Waals surface area contributed by atoms with Gasteiger partial charge in [-0.3, -0.25) is 4.79 Å². The van der Waals surface area contributed by atoms with Crippen molar-refractivity contribution in [2.45, 2.75) is 0 Å². The van der Waals surface area contributed by atoms with Crippen LogP contribution in [0.15, 0.2) is 52.5 Å². The Morgan fingerprint density at radius 1 is 1.17 bits per heavy atom. The zero-order valence-corrected chi connectivity index (χ0v) is 14.8. The number of rotatable bonds is 5. The second-order valence-corrected chi connectivity index (χ2v) is 5.63. The third-order valence-corrected chi connectivity index (χ3v) is 3.71. The zero-order chi connectivity index (χ0) is 17.5. The maximum atomic E-state index is 12.4. The van der Waals surface area contributed by atoms with Crippen LogP contribution in [-0.4, -0.2) is 20.1 Å². The SMILES string of the molecule is COc1ccc(Br)cc1/C=C(\C#N)C(=O)Nc1ccccc1OC. The number of nitrogens with zero attached hydrogens (tertiary/aromatic N) is 1. The number of anilines is 1. The lowest BCUT2D eigenvalue weighted by atomic mass is 10.1. The fraction of sp³-hybridized carbons (Fsp3) is 0.111. The molecule has 0 heterocycles. The Balaban J connectivity index is 2.33. The molecule has 5 nitrogen and oxygen atoms in total. The van der Waals surface area contributed by atoms with Crippen LogP contribution in [0, 0.1) is 11.3 Å². The molecule has 122 valence electrons. The van der Waals surface area contributed by atoms with E-state index in [9.17, 15) is 10.1 Å². The summed E-state index contributed by atoms with van der Waals surface area (Å²) in [5.74, 6) is 0.559. The summed E-state index contributed by atoms with van der Waals surface area (Å²) < 4.78 is 11.3. The van der Waals surface area contributed by atoms with Gasteiger partial charge < -0.3 is 14.8 Å². The van der Waals surface area contributed by atoms with Gasteiger partial charge in [0.1, 0.15) is 23.1 Å². The summed E-state index contributed by atoms with van der Waals surface area (Å²) in [4.78, 5) is 12.4. The number of benzene rings is 2. The van der Waals surface area contributed by atoms with Crippen molar-refractivity contribution in [3.63, 3.8) is 0 Å². The molecule has 0 unspecified atom stereocenters. The first-order valence-electron chi connectivity index (χ1n) is 6.98. The second kappa shape index (κ2) is 8.18. The second-order valence-electron chi connectivity index (χ2n) is 4.71. The molecule has 0 atom stereocenters. The number of ether oxygens (including phenoxy) is 2. The summed E-state index contributed by atoms with van der Waals surface area (Å²) in [5.41, 5.74) is 1.07. The molecule has 2 aromatic rings. The van der Waals surface area contributed by atoms with E-state index in [1.807, 2.05) is 12.1 Å². The molecule has 0 radical (unpaired) electrons. The van der Waals surface area contributed by atoms with Crippen molar-refractivity contribution < 1.29 is 14.3 Å². The first-order chi connectivity index (χ1) is 11.6. The first-order valence-corrected chi connectivity index (χ1v) is 7.78. The third-order valence-electron chi connectivity index (χ3n) is 3.21.